The third-order valence-electron chi connectivity index (χ3n) is 4.33. The van der Waals surface area contributed by atoms with Crippen molar-refractivity contribution in [2.45, 2.75) is 24.9 Å². The summed E-state index contributed by atoms with van der Waals surface area (Å²) in [4.78, 5) is 3.57. The number of halogens is 4. The second-order valence-electron chi connectivity index (χ2n) is 6.44. The fraction of sp³-hybridized carbons (Fsp3) is 0.150. The summed E-state index contributed by atoms with van der Waals surface area (Å²) in [5, 5.41) is -0.321. The standard InChI is InChI=1S/C20H16ClF3N2O3S/c1-12-4-3-5-18(13(12)2)26-30(27,28)16-8-6-15(7-9-16)29-19-17(21)10-14(11-25-19)20(22,23)24/h3-11,26H,1-2H3. The van der Waals surface area contributed by atoms with Crippen LogP contribution in [0.25, 0.3) is 0 Å². The lowest BCUT2D eigenvalue weighted by Crippen LogP contribution is -2.14. The minimum Gasteiger partial charge on any atom is -0.438 e. The zero-order valence-electron chi connectivity index (χ0n) is 15.8. The predicted molar refractivity (Wildman–Crippen MR) is 107 cm³/mol. The summed E-state index contributed by atoms with van der Waals surface area (Å²) >= 11 is 5.81. The number of pyridine rings is 1. The molecule has 0 bridgehead atoms. The van der Waals surface area contributed by atoms with E-state index in [1.54, 1.807) is 12.1 Å². The predicted octanol–water partition coefficient (Wildman–Crippen LogP) is 5.96. The Morgan fingerprint density at radius 1 is 1.07 bits per heavy atom. The van der Waals surface area contributed by atoms with Gasteiger partial charge in [-0.25, -0.2) is 13.4 Å². The highest BCUT2D eigenvalue weighted by atomic mass is 35.5. The molecule has 1 aromatic heterocycles. The van der Waals surface area contributed by atoms with Gasteiger partial charge >= 0.3 is 6.18 Å². The molecule has 2 aromatic carbocycles. The molecule has 30 heavy (non-hydrogen) atoms. The first-order chi connectivity index (χ1) is 14.0. The molecule has 0 aliphatic heterocycles. The lowest BCUT2D eigenvalue weighted by Gasteiger charge is -2.13. The summed E-state index contributed by atoms with van der Waals surface area (Å²) in [6.07, 6.45) is -3.97. The maximum Gasteiger partial charge on any atom is 0.417 e. The van der Waals surface area contributed by atoms with E-state index in [2.05, 4.69) is 9.71 Å². The van der Waals surface area contributed by atoms with Gasteiger partial charge in [-0.15, -0.1) is 0 Å². The largest absolute Gasteiger partial charge is 0.438 e. The Balaban J connectivity index is 1.78. The average molecular weight is 457 g/mol. The zero-order chi connectivity index (χ0) is 22.1. The number of ether oxygens (including phenoxy) is 1. The van der Waals surface area contributed by atoms with Crippen molar-refractivity contribution in [3.05, 3.63) is 76.4 Å². The van der Waals surface area contributed by atoms with Crippen LogP contribution in [0.2, 0.25) is 5.02 Å². The molecule has 1 heterocycles. The molecule has 0 radical (unpaired) electrons. The Labute approximate surface area is 176 Å². The quantitative estimate of drug-likeness (QED) is 0.514. The molecule has 1 N–H and O–H groups in total. The first-order valence-electron chi connectivity index (χ1n) is 8.57. The van der Waals surface area contributed by atoms with Crippen LogP contribution in [0.5, 0.6) is 11.6 Å². The smallest absolute Gasteiger partial charge is 0.417 e. The summed E-state index contributed by atoms with van der Waals surface area (Å²) < 4.78 is 71.2. The molecule has 0 unspecified atom stereocenters. The summed E-state index contributed by atoms with van der Waals surface area (Å²) in [6, 6.07) is 11.3. The normalized spacial score (nSPS) is 11.9. The lowest BCUT2D eigenvalue weighted by molar-refractivity contribution is -0.137. The van der Waals surface area contributed by atoms with Gasteiger partial charge in [0.2, 0.25) is 5.88 Å². The number of sulfonamides is 1. The highest BCUT2D eigenvalue weighted by Crippen LogP contribution is 2.34. The molecule has 3 aromatic rings. The van der Waals surface area contributed by atoms with Crippen molar-refractivity contribution in [3.8, 4) is 11.6 Å². The molecule has 3 rings (SSSR count). The van der Waals surface area contributed by atoms with Crippen LogP contribution < -0.4 is 9.46 Å². The number of aromatic nitrogens is 1. The van der Waals surface area contributed by atoms with Crippen molar-refractivity contribution >= 4 is 27.3 Å². The van der Waals surface area contributed by atoms with E-state index in [1.165, 1.54) is 24.3 Å². The van der Waals surface area contributed by atoms with Gasteiger partial charge in [0, 0.05) is 6.20 Å². The molecule has 0 aliphatic rings. The Kier molecular flexibility index (Phi) is 5.96. The van der Waals surface area contributed by atoms with Gasteiger partial charge in [0.15, 0.2) is 0 Å². The summed E-state index contributed by atoms with van der Waals surface area (Å²) in [5.41, 5.74) is 1.22. The number of nitrogens with one attached hydrogen (secondary N) is 1. The number of benzene rings is 2. The minimum atomic E-state index is -4.58. The van der Waals surface area contributed by atoms with Crippen molar-refractivity contribution < 1.29 is 26.3 Å². The van der Waals surface area contributed by atoms with E-state index in [1.807, 2.05) is 19.9 Å². The zero-order valence-corrected chi connectivity index (χ0v) is 17.4. The summed E-state index contributed by atoms with van der Waals surface area (Å²) in [5.74, 6) is -0.0661. The van der Waals surface area contributed by atoms with Gasteiger partial charge in [-0.2, -0.15) is 13.2 Å². The van der Waals surface area contributed by atoms with Gasteiger partial charge in [-0.3, -0.25) is 4.72 Å². The molecule has 0 saturated heterocycles. The number of hydrogen-bond donors (Lipinski definition) is 1. The van der Waals surface area contributed by atoms with Crippen molar-refractivity contribution in [1.29, 1.82) is 0 Å². The van der Waals surface area contributed by atoms with Crippen LogP contribution in [0, 0.1) is 13.8 Å². The Morgan fingerprint density at radius 2 is 1.73 bits per heavy atom. The van der Waals surface area contributed by atoms with Gasteiger partial charge in [-0.1, -0.05) is 23.7 Å². The number of alkyl halides is 3. The van der Waals surface area contributed by atoms with Crippen LogP contribution in [0.3, 0.4) is 0 Å². The summed E-state index contributed by atoms with van der Waals surface area (Å²) in [6.45, 7) is 3.69. The van der Waals surface area contributed by atoms with Crippen molar-refractivity contribution in [2.24, 2.45) is 0 Å². The maximum absolute atomic E-state index is 12.7. The van der Waals surface area contributed by atoms with E-state index in [4.69, 9.17) is 16.3 Å². The number of hydrogen-bond acceptors (Lipinski definition) is 4. The molecule has 5 nitrogen and oxygen atoms in total. The van der Waals surface area contributed by atoms with E-state index in [9.17, 15) is 21.6 Å². The van der Waals surface area contributed by atoms with Gasteiger partial charge in [0.25, 0.3) is 10.0 Å². The van der Waals surface area contributed by atoms with Gasteiger partial charge in [0.05, 0.1) is 16.1 Å². The Hall–Kier alpha value is -2.78. The number of aryl methyl sites for hydroxylation is 1. The van der Waals surface area contributed by atoms with Crippen LogP contribution in [-0.2, 0) is 16.2 Å². The SMILES string of the molecule is Cc1cccc(NS(=O)(=O)c2ccc(Oc3ncc(C(F)(F)F)cc3Cl)cc2)c1C. The molecular formula is C20H16ClF3N2O3S. The topological polar surface area (TPSA) is 68.3 Å². The van der Waals surface area contributed by atoms with Gasteiger partial charge < -0.3 is 4.74 Å². The van der Waals surface area contributed by atoms with Crippen molar-refractivity contribution in [3.63, 3.8) is 0 Å². The fourth-order valence-electron chi connectivity index (χ4n) is 2.52. The molecule has 0 saturated carbocycles. The minimum absolute atomic E-state index is 0.0118. The van der Waals surface area contributed by atoms with Crippen LogP contribution in [-0.4, -0.2) is 13.4 Å². The van der Waals surface area contributed by atoms with Crippen LogP contribution in [0.15, 0.2) is 59.6 Å². The summed E-state index contributed by atoms with van der Waals surface area (Å²) in [7, 11) is -3.84. The monoisotopic (exact) mass is 456 g/mol. The van der Waals surface area contributed by atoms with Crippen LogP contribution >= 0.6 is 11.6 Å². The first-order valence-corrected chi connectivity index (χ1v) is 10.4. The van der Waals surface area contributed by atoms with Gasteiger partial charge in [-0.05, 0) is 61.4 Å². The third kappa shape index (κ3) is 4.85. The number of anilines is 1. The molecule has 0 spiro atoms. The third-order valence-corrected chi connectivity index (χ3v) is 5.98. The molecule has 0 aliphatic carbocycles. The van der Waals surface area contributed by atoms with E-state index >= 15 is 0 Å². The highest BCUT2D eigenvalue weighted by Gasteiger charge is 2.31. The van der Waals surface area contributed by atoms with E-state index in [0.717, 1.165) is 11.1 Å². The second kappa shape index (κ2) is 8.16. The van der Waals surface area contributed by atoms with Crippen LogP contribution in [0.4, 0.5) is 18.9 Å². The maximum atomic E-state index is 12.7. The molecule has 0 amide bonds. The van der Waals surface area contributed by atoms with Crippen molar-refractivity contribution in [2.75, 3.05) is 4.72 Å². The van der Waals surface area contributed by atoms with Crippen LogP contribution in [0.1, 0.15) is 16.7 Å². The molecular weight excluding hydrogens is 441 g/mol. The van der Waals surface area contributed by atoms with E-state index in [-0.39, 0.29) is 21.5 Å². The number of rotatable bonds is 5. The van der Waals surface area contributed by atoms with Gasteiger partial charge in [0.1, 0.15) is 10.8 Å². The average Bonchev–Trinajstić information content (AvgIpc) is 2.66. The number of nitrogens with zero attached hydrogens (tertiary/aromatic N) is 1. The lowest BCUT2D eigenvalue weighted by atomic mass is 10.1. The van der Waals surface area contributed by atoms with E-state index in [0.29, 0.717) is 18.0 Å². The molecule has 0 fully saturated rings. The first kappa shape index (κ1) is 21.9. The van der Waals surface area contributed by atoms with E-state index < -0.39 is 21.8 Å². The Morgan fingerprint density at radius 3 is 2.33 bits per heavy atom. The Bertz CT molecular complexity index is 1180. The molecule has 158 valence electrons. The van der Waals surface area contributed by atoms with Crippen molar-refractivity contribution in [1.82, 2.24) is 4.98 Å². The fourth-order valence-corrected chi connectivity index (χ4v) is 3.85. The second-order valence-corrected chi connectivity index (χ2v) is 8.52. The highest BCUT2D eigenvalue weighted by molar-refractivity contribution is 7.92. The molecule has 10 heteroatoms. The molecule has 0 atom stereocenters.